The molecule has 0 unspecified atom stereocenters. The minimum absolute atomic E-state index is 0.0314. The lowest BCUT2D eigenvalue weighted by Crippen LogP contribution is -2.29. The molecule has 0 radical (unpaired) electrons. The van der Waals surface area contributed by atoms with Gasteiger partial charge in [-0.2, -0.15) is 0 Å². The Bertz CT molecular complexity index is 890. The minimum Gasteiger partial charge on any atom is -0.384 e. The van der Waals surface area contributed by atoms with Crippen molar-refractivity contribution in [3.8, 4) is 0 Å². The molecule has 3 nitrogen and oxygen atoms in total. The summed E-state index contributed by atoms with van der Waals surface area (Å²) in [5.74, 6) is 1.23. The fourth-order valence-corrected chi connectivity index (χ4v) is 4.01. The van der Waals surface area contributed by atoms with Crippen LogP contribution in [0.4, 0.5) is 5.69 Å². The average molecular weight is 368 g/mol. The Hall–Kier alpha value is -2.10. The van der Waals surface area contributed by atoms with Crippen LogP contribution in [0, 0.1) is 5.92 Å². The summed E-state index contributed by atoms with van der Waals surface area (Å²) < 4.78 is 5.29. The van der Waals surface area contributed by atoms with E-state index in [1.54, 1.807) is 14.0 Å². The lowest BCUT2D eigenvalue weighted by atomic mass is 9.97. The predicted molar refractivity (Wildman–Crippen MR) is 106 cm³/mol. The van der Waals surface area contributed by atoms with E-state index in [1.165, 1.54) is 17.5 Å². The number of methoxy groups -OCH3 is 1. The molecule has 1 amide bonds. The maximum Gasteiger partial charge on any atom is 0.224 e. The van der Waals surface area contributed by atoms with Gasteiger partial charge in [0.1, 0.15) is 0 Å². The number of hydrogen-bond donors (Lipinski definition) is 0. The van der Waals surface area contributed by atoms with E-state index in [-0.39, 0.29) is 5.91 Å². The molecular formula is C22H22ClNO2. The summed E-state index contributed by atoms with van der Waals surface area (Å²) in [4.78, 5) is 14.2. The van der Waals surface area contributed by atoms with Crippen LogP contribution in [0.2, 0.25) is 5.02 Å². The first-order valence-electron chi connectivity index (χ1n) is 8.94. The van der Waals surface area contributed by atoms with Gasteiger partial charge >= 0.3 is 0 Å². The van der Waals surface area contributed by atoms with Gasteiger partial charge in [-0.05, 0) is 58.7 Å². The van der Waals surface area contributed by atoms with Gasteiger partial charge in [0.15, 0.2) is 0 Å². The van der Waals surface area contributed by atoms with Crippen LogP contribution >= 0.6 is 11.6 Å². The van der Waals surface area contributed by atoms with Gasteiger partial charge < -0.3 is 9.64 Å². The number of carbonyl (C=O) groups is 1. The Labute approximate surface area is 159 Å². The number of hydrogen-bond acceptors (Lipinski definition) is 2. The highest BCUT2D eigenvalue weighted by atomic mass is 35.5. The Kier molecular flexibility index (Phi) is 4.60. The maximum atomic E-state index is 12.3. The smallest absolute Gasteiger partial charge is 0.224 e. The average Bonchev–Trinajstić information content (AvgIpc) is 3.36. The molecular weight excluding hydrogens is 346 g/mol. The molecule has 2 atom stereocenters. The number of anilines is 1. The number of amides is 1. The van der Waals surface area contributed by atoms with Gasteiger partial charge in [-0.3, -0.25) is 4.79 Å². The Morgan fingerprint density at radius 2 is 2.00 bits per heavy atom. The van der Waals surface area contributed by atoms with Gasteiger partial charge in [-0.1, -0.05) is 42.0 Å². The van der Waals surface area contributed by atoms with Crippen LogP contribution < -0.4 is 4.90 Å². The van der Waals surface area contributed by atoms with Crippen molar-refractivity contribution in [2.24, 2.45) is 5.92 Å². The van der Waals surface area contributed by atoms with Gasteiger partial charge in [0.2, 0.25) is 5.91 Å². The largest absolute Gasteiger partial charge is 0.384 e. The van der Waals surface area contributed by atoms with Crippen molar-refractivity contribution in [3.63, 3.8) is 0 Å². The molecule has 1 saturated carbocycles. The fraction of sp³-hybridized carbons (Fsp3) is 0.318. The van der Waals surface area contributed by atoms with Gasteiger partial charge in [-0.25, -0.2) is 0 Å². The molecule has 2 aliphatic rings. The number of benzene rings is 2. The second kappa shape index (κ2) is 6.90. The second-order valence-corrected chi connectivity index (χ2v) is 7.59. The highest BCUT2D eigenvalue weighted by Gasteiger charge is 2.38. The van der Waals surface area contributed by atoms with E-state index < -0.39 is 0 Å². The van der Waals surface area contributed by atoms with E-state index in [9.17, 15) is 4.79 Å². The van der Waals surface area contributed by atoms with E-state index in [0.29, 0.717) is 23.4 Å². The topological polar surface area (TPSA) is 29.5 Å². The zero-order valence-electron chi connectivity index (χ0n) is 15.0. The van der Waals surface area contributed by atoms with E-state index >= 15 is 0 Å². The molecule has 4 heteroatoms. The number of fused-ring (bicyclic) bond motifs is 2. The molecule has 2 aromatic rings. The Balaban J connectivity index is 1.73. The summed E-state index contributed by atoms with van der Waals surface area (Å²) in [5, 5.41) is 0.672. The van der Waals surface area contributed by atoms with Crippen LogP contribution in [-0.4, -0.2) is 19.6 Å². The number of carbonyl (C=O) groups excluding carboxylic acids is 1. The van der Waals surface area contributed by atoms with Gasteiger partial charge in [0.05, 0.1) is 12.2 Å². The second-order valence-electron chi connectivity index (χ2n) is 7.16. The molecule has 0 N–H and O–H groups in total. The third kappa shape index (κ3) is 3.29. The van der Waals surface area contributed by atoms with Crippen LogP contribution in [-0.2, 0) is 16.1 Å². The number of ether oxygens (including phenoxy) is 1. The van der Waals surface area contributed by atoms with Crippen LogP contribution in [0.5, 0.6) is 0 Å². The summed E-state index contributed by atoms with van der Waals surface area (Å²) in [6, 6.07) is 12.3. The normalized spacial score (nSPS) is 20.8. The van der Waals surface area contributed by atoms with Crippen molar-refractivity contribution < 1.29 is 9.53 Å². The summed E-state index contributed by atoms with van der Waals surface area (Å²) in [7, 11) is 1.76. The first-order valence-corrected chi connectivity index (χ1v) is 9.32. The molecule has 0 bridgehead atoms. The molecule has 4 rings (SSSR count). The van der Waals surface area contributed by atoms with E-state index in [1.807, 2.05) is 29.2 Å². The zero-order valence-corrected chi connectivity index (χ0v) is 15.8. The van der Waals surface area contributed by atoms with Crippen LogP contribution in [0.3, 0.4) is 0 Å². The minimum atomic E-state index is 0.0314. The first kappa shape index (κ1) is 17.3. The quantitative estimate of drug-likeness (QED) is 0.752. The molecule has 1 aliphatic heterocycles. The highest BCUT2D eigenvalue weighted by molar-refractivity contribution is 6.30. The van der Waals surface area contributed by atoms with Crippen LogP contribution in [0.25, 0.3) is 12.2 Å². The Morgan fingerprint density at radius 1 is 1.19 bits per heavy atom. The van der Waals surface area contributed by atoms with E-state index in [4.69, 9.17) is 16.3 Å². The molecule has 2 aromatic carbocycles. The van der Waals surface area contributed by atoms with Gasteiger partial charge in [-0.15, -0.1) is 0 Å². The van der Waals surface area contributed by atoms with Gasteiger partial charge in [0.25, 0.3) is 0 Å². The molecule has 1 fully saturated rings. The van der Waals surface area contributed by atoms with Gasteiger partial charge in [0, 0.05) is 25.7 Å². The number of nitrogens with zero attached hydrogens (tertiary/aromatic N) is 1. The third-order valence-electron chi connectivity index (χ3n) is 5.33. The van der Waals surface area contributed by atoms with Crippen molar-refractivity contribution >= 4 is 35.3 Å². The zero-order chi connectivity index (χ0) is 18.3. The molecule has 0 saturated heterocycles. The van der Waals surface area contributed by atoms with Crippen molar-refractivity contribution in [3.05, 3.63) is 63.7 Å². The fourth-order valence-electron chi connectivity index (χ4n) is 3.83. The first-order chi connectivity index (χ1) is 12.6. The number of rotatable bonds is 3. The van der Waals surface area contributed by atoms with Crippen molar-refractivity contribution in [2.45, 2.75) is 25.8 Å². The monoisotopic (exact) mass is 367 g/mol. The highest BCUT2D eigenvalue weighted by Crippen LogP contribution is 2.48. The molecule has 0 spiro atoms. The molecule has 0 aromatic heterocycles. The van der Waals surface area contributed by atoms with E-state index in [2.05, 4.69) is 24.3 Å². The Morgan fingerprint density at radius 3 is 2.77 bits per heavy atom. The molecule has 1 heterocycles. The number of halogens is 1. The lowest BCUT2D eigenvalue weighted by Gasteiger charge is -2.26. The lowest BCUT2D eigenvalue weighted by molar-refractivity contribution is -0.116. The SMILES string of the molecule is COC[C@H]1C[C@@H]1c1ccc2c(c1)CN(C(C)=O)c1ccc(Cl)cc1C=C2. The van der Waals surface area contributed by atoms with E-state index in [0.717, 1.165) is 23.4 Å². The summed E-state index contributed by atoms with van der Waals surface area (Å²) >= 11 is 6.15. The van der Waals surface area contributed by atoms with Crippen molar-refractivity contribution in [2.75, 3.05) is 18.6 Å². The molecule has 26 heavy (non-hydrogen) atoms. The summed E-state index contributed by atoms with van der Waals surface area (Å²) in [6.07, 6.45) is 5.34. The van der Waals surface area contributed by atoms with Crippen LogP contribution in [0.1, 0.15) is 41.5 Å². The standard InChI is InChI=1S/C22H22ClNO2/c1-14(25)24-12-18-9-16(21-11-19(21)13-26-2)5-3-15(18)4-6-17-10-20(23)7-8-22(17)24/h3-10,19,21H,11-13H2,1-2H3/t19-,21-/m1/s1. The molecule has 1 aliphatic carbocycles. The van der Waals surface area contributed by atoms with Crippen LogP contribution in [0.15, 0.2) is 36.4 Å². The molecule has 134 valence electrons. The predicted octanol–water partition coefficient (Wildman–Crippen LogP) is 5.13. The summed E-state index contributed by atoms with van der Waals surface area (Å²) in [5.41, 5.74) is 5.54. The third-order valence-corrected chi connectivity index (χ3v) is 5.57. The van der Waals surface area contributed by atoms with Crippen molar-refractivity contribution in [1.82, 2.24) is 0 Å². The maximum absolute atomic E-state index is 12.3. The van der Waals surface area contributed by atoms with Crippen molar-refractivity contribution in [1.29, 1.82) is 0 Å². The summed E-state index contributed by atoms with van der Waals surface area (Å²) in [6.45, 7) is 3.00.